The van der Waals surface area contributed by atoms with E-state index in [4.69, 9.17) is 5.73 Å². The van der Waals surface area contributed by atoms with E-state index in [1.54, 1.807) is 4.90 Å². The highest BCUT2D eigenvalue weighted by Crippen LogP contribution is 2.11. The molecule has 1 saturated heterocycles. The van der Waals surface area contributed by atoms with Gasteiger partial charge in [-0.2, -0.15) is 0 Å². The third-order valence-electron chi connectivity index (χ3n) is 3.15. The average molecular weight is 233 g/mol. The lowest BCUT2D eigenvalue weighted by Gasteiger charge is -2.15. The third kappa shape index (κ3) is 2.90. The van der Waals surface area contributed by atoms with E-state index in [9.17, 15) is 4.79 Å². The molecule has 4 heteroatoms. The van der Waals surface area contributed by atoms with Crippen LogP contribution in [-0.2, 0) is 6.42 Å². The van der Waals surface area contributed by atoms with Crippen LogP contribution in [0.2, 0.25) is 0 Å². The second-order valence-corrected chi connectivity index (χ2v) is 4.54. The van der Waals surface area contributed by atoms with E-state index < -0.39 is 0 Å². The van der Waals surface area contributed by atoms with Crippen molar-refractivity contribution >= 4 is 11.7 Å². The minimum absolute atomic E-state index is 0.151. The summed E-state index contributed by atoms with van der Waals surface area (Å²) in [5.74, 6) is 0. The second-order valence-electron chi connectivity index (χ2n) is 4.54. The van der Waals surface area contributed by atoms with Gasteiger partial charge in [-0.1, -0.05) is 12.1 Å². The fourth-order valence-corrected chi connectivity index (χ4v) is 2.13. The topological polar surface area (TPSA) is 49.6 Å². The van der Waals surface area contributed by atoms with Gasteiger partial charge in [-0.15, -0.1) is 0 Å². The van der Waals surface area contributed by atoms with Crippen LogP contribution in [0, 0.1) is 0 Å². The molecule has 0 spiro atoms. The monoisotopic (exact) mass is 233 g/mol. The fourth-order valence-electron chi connectivity index (χ4n) is 2.13. The van der Waals surface area contributed by atoms with Gasteiger partial charge in [0.25, 0.3) is 0 Å². The van der Waals surface area contributed by atoms with Crippen molar-refractivity contribution in [3.63, 3.8) is 0 Å². The first-order valence-electron chi connectivity index (χ1n) is 6.01. The molecule has 0 saturated carbocycles. The number of amides is 2. The Hall–Kier alpha value is -1.71. The molecule has 2 amide bonds. The zero-order valence-electron chi connectivity index (χ0n) is 10.2. The van der Waals surface area contributed by atoms with E-state index in [-0.39, 0.29) is 6.03 Å². The van der Waals surface area contributed by atoms with E-state index in [0.29, 0.717) is 0 Å². The second kappa shape index (κ2) is 5.08. The molecule has 4 nitrogen and oxygen atoms in total. The number of rotatable bonds is 4. The molecule has 0 atom stereocenters. The third-order valence-corrected chi connectivity index (χ3v) is 3.15. The van der Waals surface area contributed by atoms with Gasteiger partial charge in [0.15, 0.2) is 0 Å². The summed E-state index contributed by atoms with van der Waals surface area (Å²) in [6, 6.07) is 8.09. The molecule has 2 rings (SSSR count). The van der Waals surface area contributed by atoms with Gasteiger partial charge >= 0.3 is 6.03 Å². The molecular formula is C13H19N3O. The molecule has 2 N–H and O–H groups in total. The van der Waals surface area contributed by atoms with Crippen LogP contribution < -0.4 is 5.73 Å². The number of carbonyl (C=O) groups is 1. The molecule has 0 bridgehead atoms. The van der Waals surface area contributed by atoms with Crippen LogP contribution in [-0.4, -0.2) is 42.5 Å². The number of carbonyl (C=O) groups excluding carboxylic acids is 1. The van der Waals surface area contributed by atoms with Gasteiger partial charge < -0.3 is 15.5 Å². The summed E-state index contributed by atoms with van der Waals surface area (Å²) in [6.07, 6.45) is 1.96. The van der Waals surface area contributed by atoms with Gasteiger partial charge in [-0.3, -0.25) is 0 Å². The van der Waals surface area contributed by atoms with Crippen molar-refractivity contribution in [2.24, 2.45) is 0 Å². The quantitative estimate of drug-likeness (QED) is 0.802. The van der Waals surface area contributed by atoms with E-state index in [1.165, 1.54) is 5.56 Å². The number of benzene rings is 1. The van der Waals surface area contributed by atoms with Crippen LogP contribution in [0.1, 0.15) is 12.0 Å². The number of likely N-dealkylation sites (N-methyl/N-ethyl adjacent to an activating group) is 1. The maximum absolute atomic E-state index is 11.6. The molecule has 0 radical (unpaired) electrons. The summed E-state index contributed by atoms with van der Waals surface area (Å²) in [5, 5.41) is 0. The van der Waals surface area contributed by atoms with Crippen LogP contribution in [0.15, 0.2) is 24.3 Å². The average Bonchev–Trinajstić information content (AvgIpc) is 2.61. The molecule has 1 aliphatic heterocycles. The van der Waals surface area contributed by atoms with Crippen molar-refractivity contribution in [1.29, 1.82) is 0 Å². The number of nitrogen functional groups attached to an aromatic ring is 1. The van der Waals surface area contributed by atoms with Crippen molar-refractivity contribution < 1.29 is 4.79 Å². The van der Waals surface area contributed by atoms with Crippen LogP contribution in [0.5, 0.6) is 0 Å². The van der Waals surface area contributed by atoms with Crippen molar-refractivity contribution in [2.75, 3.05) is 32.4 Å². The number of nitrogens with two attached hydrogens (primary N) is 1. The summed E-state index contributed by atoms with van der Waals surface area (Å²) >= 11 is 0. The first-order chi connectivity index (χ1) is 8.16. The van der Waals surface area contributed by atoms with Gasteiger partial charge in [-0.05, 0) is 30.5 Å². The molecule has 1 aromatic carbocycles. The highest BCUT2D eigenvalue weighted by atomic mass is 16.2. The Bertz CT molecular complexity index is 405. The van der Waals surface area contributed by atoms with Gasteiger partial charge in [0.1, 0.15) is 0 Å². The van der Waals surface area contributed by atoms with Crippen LogP contribution in [0.3, 0.4) is 0 Å². The van der Waals surface area contributed by atoms with Gasteiger partial charge in [0.2, 0.25) is 0 Å². The standard InChI is InChI=1S/C13H19N3O/c1-15-8-9-16(13(15)17)7-3-5-11-4-2-6-12(14)10-11/h2,4,6,10H,3,5,7-9,14H2,1H3. The molecule has 1 fully saturated rings. The number of nitrogens with zero attached hydrogens (tertiary/aromatic N) is 2. The maximum atomic E-state index is 11.6. The van der Waals surface area contributed by atoms with Crippen molar-refractivity contribution in [2.45, 2.75) is 12.8 Å². The first-order valence-corrected chi connectivity index (χ1v) is 6.01. The van der Waals surface area contributed by atoms with E-state index in [1.807, 2.05) is 30.1 Å². The van der Waals surface area contributed by atoms with Crippen LogP contribution in [0.4, 0.5) is 10.5 Å². The lowest BCUT2D eigenvalue weighted by Crippen LogP contribution is -2.30. The molecule has 0 unspecified atom stereocenters. The Kier molecular flexibility index (Phi) is 3.52. The van der Waals surface area contributed by atoms with E-state index in [0.717, 1.165) is 38.2 Å². The molecular weight excluding hydrogens is 214 g/mol. The Balaban J connectivity index is 1.78. The summed E-state index contributed by atoms with van der Waals surface area (Å²) in [6.45, 7) is 2.53. The number of hydrogen-bond acceptors (Lipinski definition) is 2. The minimum atomic E-state index is 0.151. The molecule has 0 aliphatic carbocycles. The number of urea groups is 1. The Morgan fingerprint density at radius 2 is 2.18 bits per heavy atom. The zero-order valence-corrected chi connectivity index (χ0v) is 10.2. The highest BCUT2D eigenvalue weighted by Gasteiger charge is 2.24. The molecule has 92 valence electrons. The SMILES string of the molecule is CN1CCN(CCCc2cccc(N)c2)C1=O. The summed E-state index contributed by atoms with van der Waals surface area (Å²) in [5.41, 5.74) is 7.77. The largest absolute Gasteiger partial charge is 0.399 e. The van der Waals surface area contributed by atoms with E-state index in [2.05, 4.69) is 6.07 Å². The molecule has 0 aromatic heterocycles. The Labute approximate surface area is 102 Å². The zero-order chi connectivity index (χ0) is 12.3. The molecule has 17 heavy (non-hydrogen) atoms. The van der Waals surface area contributed by atoms with Crippen molar-refractivity contribution in [3.05, 3.63) is 29.8 Å². The number of hydrogen-bond donors (Lipinski definition) is 1. The smallest absolute Gasteiger partial charge is 0.319 e. The predicted octanol–water partition coefficient (Wildman–Crippen LogP) is 1.57. The normalized spacial score (nSPS) is 15.7. The highest BCUT2D eigenvalue weighted by molar-refractivity contribution is 5.76. The Morgan fingerprint density at radius 3 is 2.82 bits per heavy atom. The maximum Gasteiger partial charge on any atom is 0.319 e. The van der Waals surface area contributed by atoms with Crippen molar-refractivity contribution in [3.8, 4) is 0 Å². The van der Waals surface area contributed by atoms with Gasteiger partial charge in [0.05, 0.1) is 0 Å². The first kappa shape index (κ1) is 11.8. The fraction of sp³-hybridized carbons (Fsp3) is 0.462. The van der Waals surface area contributed by atoms with Crippen LogP contribution >= 0.6 is 0 Å². The minimum Gasteiger partial charge on any atom is -0.399 e. The van der Waals surface area contributed by atoms with Crippen molar-refractivity contribution in [1.82, 2.24) is 9.80 Å². The molecule has 1 aromatic rings. The lowest BCUT2D eigenvalue weighted by atomic mass is 10.1. The van der Waals surface area contributed by atoms with Crippen LogP contribution in [0.25, 0.3) is 0 Å². The summed E-state index contributed by atoms with van der Waals surface area (Å²) in [7, 11) is 1.85. The molecule has 1 heterocycles. The Morgan fingerprint density at radius 1 is 1.35 bits per heavy atom. The summed E-state index contributed by atoms with van der Waals surface area (Å²) in [4.78, 5) is 15.3. The predicted molar refractivity (Wildman–Crippen MR) is 68.8 cm³/mol. The number of anilines is 1. The summed E-state index contributed by atoms with van der Waals surface area (Å²) < 4.78 is 0. The number of aryl methyl sites for hydroxylation is 1. The van der Waals surface area contributed by atoms with Gasteiger partial charge in [0, 0.05) is 32.4 Å². The van der Waals surface area contributed by atoms with Gasteiger partial charge in [-0.25, -0.2) is 4.79 Å². The molecule has 1 aliphatic rings. The lowest BCUT2D eigenvalue weighted by molar-refractivity contribution is 0.198. The van der Waals surface area contributed by atoms with E-state index >= 15 is 0 Å².